The zero-order valence-electron chi connectivity index (χ0n) is 12.3. The Kier molecular flexibility index (Phi) is 4.87. The topological polar surface area (TPSA) is 41.1 Å². The summed E-state index contributed by atoms with van der Waals surface area (Å²) >= 11 is 13.6. The molecule has 0 aliphatic rings. The highest BCUT2D eigenvalue weighted by atomic mass is 35.5. The molecule has 6 heteroatoms. The first-order chi connectivity index (χ1) is 11.1. The number of hydrazine groups is 1. The smallest absolute Gasteiger partial charge is 0.277 e. The molecule has 23 heavy (non-hydrogen) atoms. The van der Waals surface area contributed by atoms with E-state index < -0.39 is 0 Å². The molecule has 3 rings (SSSR count). The summed E-state index contributed by atoms with van der Waals surface area (Å²) in [5.41, 5.74) is 6.74. The summed E-state index contributed by atoms with van der Waals surface area (Å²) in [5.74, 6) is -0.239. The fraction of sp³-hybridized carbons (Fsp3) is 0.118. The first-order valence-electron chi connectivity index (χ1n) is 7.04. The molecule has 3 nitrogen and oxygen atoms in total. The number of halogens is 2. The van der Waals surface area contributed by atoms with Crippen molar-refractivity contribution in [1.29, 1.82) is 0 Å². The predicted octanol–water partition coefficient (Wildman–Crippen LogP) is 5.20. The normalized spacial score (nSPS) is 12.3. The standard InChI is InChI=1S/C17H14Cl2N2OS/c1-10(11-6-8-12(18)9-7-11)20-21-17(22)16-15(19)13-4-2-3-5-14(13)23-16/h2-10,20H,1H3,(H,21,22). The van der Waals surface area contributed by atoms with Gasteiger partial charge in [-0.05, 0) is 30.7 Å². The van der Waals surface area contributed by atoms with Crippen molar-refractivity contribution in [2.45, 2.75) is 13.0 Å². The largest absolute Gasteiger partial charge is 0.286 e. The van der Waals surface area contributed by atoms with Crippen LogP contribution in [0.1, 0.15) is 28.2 Å². The number of carbonyl (C=O) groups excluding carboxylic acids is 1. The van der Waals surface area contributed by atoms with Crippen molar-refractivity contribution < 1.29 is 4.79 Å². The molecule has 0 fully saturated rings. The average Bonchev–Trinajstić information content (AvgIpc) is 2.90. The van der Waals surface area contributed by atoms with Crippen molar-refractivity contribution in [3.63, 3.8) is 0 Å². The predicted molar refractivity (Wildman–Crippen MR) is 97.3 cm³/mol. The van der Waals surface area contributed by atoms with E-state index in [1.807, 2.05) is 55.5 Å². The molecule has 0 spiro atoms. The van der Waals surface area contributed by atoms with Crippen LogP contribution >= 0.6 is 34.5 Å². The number of hydrogen-bond donors (Lipinski definition) is 2. The molecular formula is C17H14Cl2N2OS. The number of nitrogens with one attached hydrogen (secondary N) is 2. The molecule has 0 saturated carbocycles. The summed E-state index contributed by atoms with van der Waals surface area (Å²) in [7, 11) is 0. The van der Waals surface area contributed by atoms with E-state index in [0.29, 0.717) is 14.9 Å². The van der Waals surface area contributed by atoms with Gasteiger partial charge in [-0.25, -0.2) is 5.43 Å². The van der Waals surface area contributed by atoms with Gasteiger partial charge in [0.25, 0.3) is 5.91 Å². The fourth-order valence-electron chi connectivity index (χ4n) is 2.23. The van der Waals surface area contributed by atoms with Gasteiger partial charge in [-0.2, -0.15) is 0 Å². The summed E-state index contributed by atoms with van der Waals surface area (Å²) in [6.07, 6.45) is 0. The fourth-order valence-corrected chi connectivity index (χ4v) is 3.76. The third-order valence-corrected chi connectivity index (χ3v) is 5.44. The van der Waals surface area contributed by atoms with Gasteiger partial charge in [0, 0.05) is 21.2 Å². The van der Waals surface area contributed by atoms with Crippen LogP contribution in [0.5, 0.6) is 0 Å². The Hall–Kier alpha value is -1.59. The molecule has 0 saturated heterocycles. The molecule has 0 aliphatic heterocycles. The second-order valence-corrected chi connectivity index (χ2v) is 6.98. The van der Waals surface area contributed by atoms with Crippen LogP contribution in [0.3, 0.4) is 0 Å². The molecule has 1 unspecified atom stereocenters. The van der Waals surface area contributed by atoms with Gasteiger partial charge in [-0.15, -0.1) is 11.3 Å². The summed E-state index contributed by atoms with van der Waals surface area (Å²) < 4.78 is 0.994. The van der Waals surface area contributed by atoms with Gasteiger partial charge < -0.3 is 0 Å². The second-order valence-electron chi connectivity index (χ2n) is 5.11. The molecule has 0 aliphatic carbocycles. The molecule has 3 aromatic rings. The van der Waals surface area contributed by atoms with Crippen LogP contribution in [-0.2, 0) is 0 Å². The minimum atomic E-state index is -0.239. The SMILES string of the molecule is CC(NNC(=O)c1sc2ccccc2c1Cl)c1ccc(Cl)cc1. The molecule has 0 radical (unpaired) electrons. The van der Waals surface area contributed by atoms with Crippen molar-refractivity contribution in [3.05, 3.63) is 69.0 Å². The maximum absolute atomic E-state index is 12.4. The molecule has 1 heterocycles. The summed E-state index contributed by atoms with van der Waals surface area (Å²) in [6, 6.07) is 15.1. The van der Waals surface area contributed by atoms with E-state index in [1.54, 1.807) is 0 Å². The Labute approximate surface area is 148 Å². The van der Waals surface area contributed by atoms with E-state index in [2.05, 4.69) is 10.9 Å². The van der Waals surface area contributed by atoms with Crippen molar-refractivity contribution in [2.24, 2.45) is 0 Å². The molecule has 0 bridgehead atoms. The number of carbonyl (C=O) groups is 1. The summed E-state index contributed by atoms with van der Waals surface area (Å²) in [4.78, 5) is 12.9. The Morgan fingerprint density at radius 2 is 1.78 bits per heavy atom. The lowest BCUT2D eigenvalue weighted by Crippen LogP contribution is -2.38. The Morgan fingerprint density at radius 1 is 1.09 bits per heavy atom. The van der Waals surface area contributed by atoms with Gasteiger partial charge >= 0.3 is 0 Å². The highest BCUT2D eigenvalue weighted by Crippen LogP contribution is 2.34. The van der Waals surface area contributed by atoms with Crippen LogP contribution in [0.2, 0.25) is 10.0 Å². The summed E-state index contributed by atoms with van der Waals surface area (Å²) in [6.45, 7) is 1.95. The number of rotatable bonds is 4. The van der Waals surface area contributed by atoms with E-state index in [9.17, 15) is 4.79 Å². The van der Waals surface area contributed by atoms with E-state index in [1.165, 1.54) is 11.3 Å². The maximum Gasteiger partial charge on any atom is 0.277 e. The van der Waals surface area contributed by atoms with Crippen LogP contribution in [0.25, 0.3) is 10.1 Å². The number of fused-ring (bicyclic) bond motifs is 1. The van der Waals surface area contributed by atoms with Gasteiger partial charge in [0.05, 0.1) is 5.02 Å². The number of hydrogen-bond acceptors (Lipinski definition) is 3. The van der Waals surface area contributed by atoms with E-state index in [-0.39, 0.29) is 11.9 Å². The monoisotopic (exact) mass is 364 g/mol. The van der Waals surface area contributed by atoms with Gasteiger partial charge in [0.2, 0.25) is 0 Å². The van der Waals surface area contributed by atoms with Gasteiger partial charge in [0.15, 0.2) is 0 Å². The van der Waals surface area contributed by atoms with Gasteiger partial charge in [-0.3, -0.25) is 10.2 Å². The highest BCUT2D eigenvalue weighted by Gasteiger charge is 2.17. The lowest BCUT2D eigenvalue weighted by Gasteiger charge is -2.15. The Morgan fingerprint density at radius 3 is 2.48 bits per heavy atom. The van der Waals surface area contributed by atoms with Crippen molar-refractivity contribution in [2.75, 3.05) is 0 Å². The van der Waals surface area contributed by atoms with E-state index >= 15 is 0 Å². The van der Waals surface area contributed by atoms with Crippen LogP contribution in [-0.4, -0.2) is 5.91 Å². The Balaban J connectivity index is 1.71. The van der Waals surface area contributed by atoms with Crippen molar-refractivity contribution in [3.8, 4) is 0 Å². The second kappa shape index (κ2) is 6.89. The first kappa shape index (κ1) is 16.3. The molecule has 1 atom stereocenters. The van der Waals surface area contributed by atoms with Crippen LogP contribution in [0.4, 0.5) is 0 Å². The lowest BCUT2D eigenvalue weighted by atomic mass is 10.1. The maximum atomic E-state index is 12.4. The minimum Gasteiger partial charge on any atom is -0.286 e. The number of thiophene rings is 1. The lowest BCUT2D eigenvalue weighted by molar-refractivity contribution is 0.0930. The minimum absolute atomic E-state index is 0.0515. The molecule has 118 valence electrons. The summed E-state index contributed by atoms with van der Waals surface area (Å²) in [5, 5.41) is 2.07. The van der Waals surface area contributed by atoms with Crippen LogP contribution in [0, 0.1) is 0 Å². The molecular weight excluding hydrogens is 351 g/mol. The van der Waals surface area contributed by atoms with E-state index in [4.69, 9.17) is 23.2 Å². The zero-order valence-corrected chi connectivity index (χ0v) is 14.6. The van der Waals surface area contributed by atoms with Crippen LogP contribution < -0.4 is 10.9 Å². The average molecular weight is 365 g/mol. The Bertz CT molecular complexity index is 845. The molecule has 1 aromatic heterocycles. The van der Waals surface area contributed by atoms with Gasteiger partial charge in [0.1, 0.15) is 4.88 Å². The number of amides is 1. The molecule has 1 amide bonds. The van der Waals surface area contributed by atoms with Crippen molar-refractivity contribution >= 4 is 50.5 Å². The quantitative estimate of drug-likeness (QED) is 0.624. The van der Waals surface area contributed by atoms with Crippen LogP contribution in [0.15, 0.2) is 48.5 Å². The van der Waals surface area contributed by atoms with Gasteiger partial charge in [-0.1, -0.05) is 53.5 Å². The number of benzene rings is 2. The highest BCUT2D eigenvalue weighted by molar-refractivity contribution is 7.21. The van der Waals surface area contributed by atoms with Crippen molar-refractivity contribution in [1.82, 2.24) is 10.9 Å². The zero-order chi connectivity index (χ0) is 16.4. The molecule has 2 N–H and O–H groups in total. The first-order valence-corrected chi connectivity index (χ1v) is 8.62. The molecule has 2 aromatic carbocycles. The third kappa shape index (κ3) is 3.51. The van der Waals surface area contributed by atoms with E-state index in [0.717, 1.165) is 15.6 Å². The third-order valence-electron chi connectivity index (χ3n) is 3.51.